The number of carbonyl (C=O) groups excluding carboxylic acids is 3. The Hall–Kier alpha value is -3.22. The molecule has 0 unspecified atom stereocenters. The zero-order valence-electron chi connectivity index (χ0n) is 17.5. The second kappa shape index (κ2) is 9.73. The van der Waals surface area contributed by atoms with Crippen LogP contribution in [0.5, 0.6) is 5.75 Å². The Bertz CT molecular complexity index is 936. The first-order valence-corrected chi connectivity index (χ1v) is 10.9. The molecule has 1 N–H and O–H groups in total. The molecular formula is C24H27N3O4. The molecule has 1 aliphatic heterocycles. The van der Waals surface area contributed by atoms with Gasteiger partial charge in [0.2, 0.25) is 11.8 Å². The fourth-order valence-electron chi connectivity index (χ4n) is 4.09. The summed E-state index contributed by atoms with van der Waals surface area (Å²) in [7, 11) is 0. The average Bonchev–Trinajstić information content (AvgIpc) is 3.12. The van der Waals surface area contributed by atoms with Crippen molar-refractivity contribution in [1.29, 1.82) is 0 Å². The number of amides is 3. The highest BCUT2D eigenvalue weighted by Crippen LogP contribution is 2.27. The minimum Gasteiger partial charge on any atom is -0.489 e. The van der Waals surface area contributed by atoms with Gasteiger partial charge in [-0.2, -0.15) is 0 Å². The van der Waals surface area contributed by atoms with Gasteiger partial charge in [-0.15, -0.1) is 0 Å². The fraction of sp³-hybridized carbons (Fsp3) is 0.417. The average molecular weight is 421 g/mol. The van der Waals surface area contributed by atoms with Gasteiger partial charge in [-0.3, -0.25) is 19.3 Å². The standard InChI is InChI=1S/C24H27N3O4/c28-21-12-13-22(29)27(21)15-17-8-10-19(11-9-17)24(30)26-23-20(7-4-14-25-23)31-16-18-5-2-1-3-6-18/h4,7-11,14,18H,1-3,5-6,12-13,15-16H2,(H,25,26,30). The molecule has 1 aromatic carbocycles. The molecule has 2 heterocycles. The third-order valence-corrected chi connectivity index (χ3v) is 5.91. The van der Waals surface area contributed by atoms with Crippen LogP contribution in [0, 0.1) is 5.92 Å². The molecule has 1 saturated heterocycles. The van der Waals surface area contributed by atoms with Crippen LogP contribution in [-0.2, 0) is 16.1 Å². The summed E-state index contributed by atoms with van der Waals surface area (Å²) in [5, 5.41) is 2.83. The molecule has 3 amide bonds. The minimum absolute atomic E-state index is 0.150. The van der Waals surface area contributed by atoms with Crippen LogP contribution in [0.15, 0.2) is 42.6 Å². The van der Waals surface area contributed by atoms with Gasteiger partial charge in [0.1, 0.15) is 0 Å². The molecule has 1 aromatic heterocycles. The Labute approximate surface area is 181 Å². The van der Waals surface area contributed by atoms with Gasteiger partial charge in [0.05, 0.1) is 13.2 Å². The van der Waals surface area contributed by atoms with Crippen molar-refractivity contribution >= 4 is 23.5 Å². The van der Waals surface area contributed by atoms with Gasteiger partial charge in [-0.05, 0) is 48.6 Å². The van der Waals surface area contributed by atoms with Crippen LogP contribution >= 0.6 is 0 Å². The number of carbonyl (C=O) groups is 3. The monoisotopic (exact) mass is 421 g/mol. The molecule has 2 fully saturated rings. The number of ether oxygens (including phenoxy) is 1. The van der Waals surface area contributed by atoms with Crippen molar-refractivity contribution < 1.29 is 19.1 Å². The van der Waals surface area contributed by atoms with Crippen LogP contribution in [0.2, 0.25) is 0 Å². The molecule has 0 radical (unpaired) electrons. The number of aromatic nitrogens is 1. The molecule has 162 valence electrons. The Balaban J connectivity index is 1.37. The number of imide groups is 1. The molecule has 0 bridgehead atoms. The maximum Gasteiger partial charge on any atom is 0.256 e. The second-order valence-corrected chi connectivity index (χ2v) is 8.19. The summed E-state index contributed by atoms with van der Waals surface area (Å²) >= 11 is 0. The van der Waals surface area contributed by atoms with E-state index in [9.17, 15) is 14.4 Å². The lowest BCUT2D eigenvalue weighted by atomic mass is 9.90. The first kappa shape index (κ1) is 21.0. The Morgan fingerprint density at radius 2 is 1.74 bits per heavy atom. The van der Waals surface area contributed by atoms with E-state index in [-0.39, 0.29) is 37.1 Å². The number of benzene rings is 1. The number of pyridine rings is 1. The van der Waals surface area contributed by atoms with E-state index in [4.69, 9.17) is 4.74 Å². The van der Waals surface area contributed by atoms with Gasteiger partial charge in [0.15, 0.2) is 11.6 Å². The van der Waals surface area contributed by atoms with E-state index < -0.39 is 0 Å². The third kappa shape index (κ3) is 5.29. The lowest BCUT2D eigenvalue weighted by molar-refractivity contribution is -0.139. The number of hydrogen-bond donors (Lipinski definition) is 1. The first-order chi connectivity index (χ1) is 15.1. The predicted molar refractivity (Wildman–Crippen MR) is 115 cm³/mol. The van der Waals surface area contributed by atoms with E-state index >= 15 is 0 Å². The van der Waals surface area contributed by atoms with Crippen LogP contribution < -0.4 is 10.1 Å². The minimum atomic E-state index is -0.291. The zero-order valence-corrected chi connectivity index (χ0v) is 17.5. The lowest BCUT2D eigenvalue weighted by Crippen LogP contribution is -2.28. The van der Waals surface area contributed by atoms with Crippen LogP contribution in [0.1, 0.15) is 60.9 Å². The maximum atomic E-state index is 12.7. The molecule has 2 aromatic rings. The van der Waals surface area contributed by atoms with E-state index in [0.717, 1.165) is 5.56 Å². The van der Waals surface area contributed by atoms with Crippen molar-refractivity contribution in [3.8, 4) is 5.75 Å². The van der Waals surface area contributed by atoms with Gasteiger partial charge < -0.3 is 10.1 Å². The molecule has 1 saturated carbocycles. The predicted octanol–water partition coefficient (Wildman–Crippen LogP) is 3.94. The fourth-order valence-corrected chi connectivity index (χ4v) is 4.09. The highest BCUT2D eigenvalue weighted by molar-refractivity contribution is 6.04. The number of hydrogen-bond acceptors (Lipinski definition) is 5. The molecular weight excluding hydrogens is 394 g/mol. The molecule has 7 nitrogen and oxygen atoms in total. The van der Waals surface area contributed by atoms with Crippen LogP contribution in [0.3, 0.4) is 0 Å². The third-order valence-electron chi connectivity index (χ3n) is 5.91. The zero-order chi connectivity index (χ0) is 21.6. The Morgan fingerprint density at radius 3 is 2.45 bits per heavy atom. The van der Waals surface area contributed by atoms with E-state index in [2.05, 4.69) is 10.3 Å². The lowest BCUT2D eigenvalue weighted by Gasteiger charge is -2.22. The molecule has 4 rings (SSSR count). The van der Waals surface area contributed by atoms with E-state index in [1.165, 1.54) is 37.0 Å². The van der Waals surface area contributed by atoms with Crippen LogP contribution in [0.25, 0.3) is 0 Å². The maximum absolute atomic E-state index is 12.7. The van der Waals surface area contributed by atoms with Crippen LogP contribution in [0.4, 0.5) is 5.82 Å². The number of nitrogens with zero attached hydrogens (tertiary/aromatic N) is 2. The second-order valence-electron chi connectivity index (χ2n) is 8.19. The van der Waals surface area contributed by atoms with Crippen LogP contribution in [-0.4, -0.2) is 34.2 Å². The molecule has 2 aliphatic rings. The van der Waals surface area contributed by atoms with Crippen molar-refractivity contribution in [2.45, 2.75) is 51.5 Å². The summed E-state index contributed by atoms with van der Waals surface area (Å²) in [6.45, 7) is 0.871. The SMILES string of the molecule is O=C(Nc1ncccc1OCC1CCCCC1)c1ccc(CN2C(=O)CCC2=O)cc1. The van der Waals surface area contributed by atoms with E-state index in [1.54, 1.807) is 36.5 Å². The topological polar surface area (TPSA) is 88.6 Å². The van der Waals surface area contributed by atoms with Crippen molar-refractivity contribution in [3.63, 3.8) is 0 Å². The number of anilines is 1. The van der Waals surface area contributed by atoms with Gasteiger partial charge in [0.25, 0.3) is 5.91 Å². The van der Waals surface area contributed by atoms with Crippen molar-refractivity contribution in [1.82, 2.24) is 9.88 Å². The largest absolute Gasteiger partial charge is 0.489 e. The van der Waals surface area contributed by atoms with Gasteiger partial charge in [-0.25, -0.2) is 4.98 Å². The van der Waals surface area contributed by atoms with E-state index in [0.29, 0.717) is 29.7 Å². The highest BCUT2D eigenvalue weighted by Gasteiger charge is 2.28. The van der Waals surface area contributed by atoms with Gasteiger partial charge in [-0.1, -0.05) is 31.4 Å². The number of nitrogens with one attached hydrogen (secondary N) is 1. The van der Waals surface area contributed by atoms with Crippen molar-refractivity contribution in [2.24, 2.45) is 5.92 Å². The Kier molecular flexibility index (Phi) is 6.60. The van der Waals surface area contributed by atoms with E-state index in [1.807, 2.05) is 6.07 Å². The summed E-state index contributed by atoms with van der Waals surface area (Å²) in [6, 6.07) is 10.5. The number of rotatable bonds is 7. The van der Waals surface area contributed by atoms with Gasteiger partial charge >= 0.3 is 0 Å². The summed E-state index contributed by atoms with van der Waals surface area (Å²) in [6.07, 6.45) is 8.33. The van der Waals surface area contributed by atoms with Gasteiger partial charge in [0, 0.05) is 24.6 Å². The number of likely N-dealkylation sites (tertiary alicyclic amines) is 1. The summed E-state index contributed by atoms with van der Waals surface area (Å²) in [5.74, 6) is 0.940. The molecule has 7 heteroatoms. The molecule has 1 aliphatic carbocycles. The first-order valence-electron chi connectivity index (χ1n) is 10.9. The normalized spacial score (nSPS) is 17.1. The summed E-state index contributed by atoms with van der Waals surface area (Å²) < 4.78 is 5.98. The molecule has 0 spiro atoms. The highest BCUT2D eigenvalue weighted by atomic mass is 16.5. The van der Waals surface area contributed by atoms with Crippen molar-refractivity contribution in [2.75, 3.05) is 11.9 Å². The summed E-state index contributed by atoms with van der Waals surface area (Å²) in [5.41, 5.74) is 1.26. The molecule has 0 atom stereocenters. The smallest absolute Gasteiger partial charge is 0.256 e. The Morgan fingerprint density at radius 1 is 1.03 bits per heavy atom. The summed E-state index contributed by atoms with van der Waals surface area (Å²) in [4.78, 5) is 41.8. The molecule has 31 heavy (non-hydrogen) atoms. The van der Waals surface area contributed by atoms with Crippen molar-refractivity contribution in [3.05, 3.63) is 53.7 Å². The quantitative estimate of drug-likeness (QED) is 0.684.